The van der Waals surface area contributed by atoms with Crippen molar-refractivity contribution in [2.45, 2.75) is 0 Å². The zero-order chi connectivity index (χ0) is 21.3. The average molecular weight is 418 g/mol. The molecule has 1 heterocycles. The Morgan fingerprint density at radius 2 is 1.67 bits per heavy atom. The third kappa shape index (κ3) is 3.55. The summed E-state index contributed by atoms with van der Waals surface area (Å²) in [7, 11) is 3.51. The van der Waals surface area contributed by atoms with Crippen LogP contribution in [0.15, 0.2) is 72.8 Å². The van der Waals surface area contributed by atoms with Crippen molar-refractivity contribution < 1.29 is 9.59 Å². The van der Waals surface area contributed by atoms with Crippen molar-refractivity contribution in [1.29, 1.82) is 0 Å². The summed E-state index contributed by atoms with van der Waals surface area (Å²) in [6.45, 7) is 0. The second-order valence-corrected chi connectivity index (χ2v) is 7.36. The van der Waals surface area contributed by atoms with Crippen LogP contribution in [0, 0.1) is 0 Å². The van der Waals surface area contributed by atoms with Crippen LogP contribution >= 0.6 is 11.6 Å². The Labute approximate surface area is 180 Å². The quantitative estimate of drug-likeness (QED) is 0.607. The van der Waals surface area contributed by atoms with E-state index in [0.717, 1.165) is 22.5 Å². The van der Waals surface area contributed by atoms with E-state index in [2.05, 4.69) is 10.6 Å². The lowest BCUT2D eigenvalue weighted by Gasteiger charge is -2.25. The van der Waals surface area contributed by atoms with Gasteiger partial charge in [-0.3, -0.25) is 9.59 Å². The maximum Gasteiger partial charge on any atom is 0.258 e. The van der Waals surface area contributed by atoms with Crippen molar-refractivity contribution >= 4 is 46.1 Å². The zero-order valence-electron chi connectivity index (χ0n) is 16.6. The van der Waals surface area contributed by atoms with Crippen molar-refractivity contribution in [3.63, 3.8) is 0 Å². The fraction of sp³-hybridized carbons (Fsp3) is 0.0833. The van der Waals surface area contributed by atoms with E-state index >= 15 is 0 Å². The molecule has 0 aliphatic carbocycles. The normalized spacial score (nSPS) is 14.0. The smallest absolute Gasteiger partial charge is 0.258 e. The molecule has 150 valence electrons. The maximum atomic E-state index is 13.0. The van der Waals surface area contributed by atoms with E-state index in [0.29, 0.717) is 21.8 Å². The summed E-state index contributed by atoms with van der Waals surface area (Å²) < 4.78 is 0. The molecule has 0 fully saturated rings. The number of hydrogen-bond acceptors (Lipinski definition) is 3. The van der Waals surface area contributed by atoms with Gasteiger partial charge >= 0.3 is 0 Å². The van der Waals surface area contributed by atoms with Crippen LogP contribution < -0.4 is 15.5 Å². The van der Waals surface area contributed by atoms with Gasteiger partial charge in [-0.2, -0.15) is 0 Å². The van der Waals surface area contributed by atoms with Crippen LogP contribution in [-0.4, -0.2) is 25.9 Å². The lowest BCUT2D eigenvalue weighted by atomic mass is 9.99. The Morgan fingerprint density at radius 3 is 2.33 bits per heavy atom. The van der Waals surface area contributed by atoms with Gasteiger partial charge in [-0.15, -0.1) is 0 Å². The van der Waals surface area contributed by atoms with Gasteiger partial charge in [-0.1, -0.05) is 48.0 Å². The van der Waals surface area contributed by atoms with Crippen molar-refractivity contribution in [2.24, 2.45) is 0 Å². The highest BCUT2D eigenvalue weighted by atomic mass is 35.5. The van der Waals surface area contributed by atoms with Crippen LogP contribution in [0.1, 0.15) is 21.5 Å². The number of rotatable bonds is 4. The molecule has 2 N–H and O–H groups in total. The first-order valence-corrected chi connectivity index (χ1v) is 9.84. The Bertz CT molecular complexity index is 1150. The Morgan fingerprint density at radius 1 is 0.967 bits per heavy atom. The molecule has 0 atom stereocenters. The molecular formula is C24H20ClN3O2. The lowest BCUT2D eigenvalue weighted by molar-refractivity contribution is -0.110. The van der Waals surface area contributed by atoms with Gasteiger partial charge < -0.3 is 15.5 Å². The van der Waals surface area contributed by atoms with Gasteiger partial charge in [0.1, 0.15) is 0 Å². The average Bonchev–Trinajstić information content (AvgIpc) is 3.09. The first-order chi connectivity index (χ1) is 14.5. The molecule has 6 heteroatoms. The first kappa shape index (κ1) is 19.7. The van der Waals surface area contributed by atoms with E-state index in [4.69, 9.17) is 11.6 Å². The van der Waals surface area contributed by atoms with Crippen LogP contribution in [0.3, 0.4) is 0 Å². The van der Waals surface area contributed by atoms with E-state index in [1.165, 1.54) is 0 Å². The molecule has 2 amide bonds. The van der Waals surface area contributed by atoms with E-state index in [-0.39, 0.29) is 11.8 Å². The summed E-state index contributed by atoms with van der Waals surface area (Å²) >= 11 is 6.12. The molecule has 30 heavy (non-hydrogen) atoms. The topological polar surface area (TPSA) is 61.4 Å². The van der Waals surface area contributed by atoms with Gasteiger partial charge in [0.2, 0.25) is 0 Å². The van der Waals surface area contributed by atoms with Gasteiger partial charge in [0, 0.05) is 35.9 Å². The highest BCUT2D eigenvalue weighted by Crippen LogP contribution is 2.40. The zero-order valence-corrected chi connectivity index (χ0v) is 17.3. The fourth-order valence-electron chi connectivity index (χ4n) is 3.59. The molecule has 3 aromatic carbocycles. The van der Waals surface area contributed by atoms with E-state index < -0.39 is 0 Å². The number of nitrogens with one attached hydrogen (secondary N) is 2. The van der Waals surface area contributed by atoms with Crippen molar-refractivity contribution in [3.05, 3.63) is 94.5 Å². The third-order valence-corrected chi connectivity index (χ3v) is 5.32. The second-order valence-electron chi connectivity index (χ2n) is 6.92. The molecule has 0 saturated heterocycles. The third-order valence-electron chi connectivity index (χ3n) is 5.09. The maximum absolute atomic E-state index is 13.0. The fourth-order valence-corrected chi connectivity index (χ4v) is 3.76. The number of carbonyl (C=O) groups excluding carboxylic acids is 2. The summed E-state index contributed by atoms with van der Waals surface area (Å²) in [5.74, 6) is -0.327. The number of carbonyl (C=O) groups is 2. The predicted octanol–water partition coefficient (Wildman–Crippen LogP) is 4.66. The van der Waals surface area contributed by atoms with Gasteiger partial charge in [-0.05, 0) is 42.0 Å². The largest absolute Gasteiger partial charge is 0.355 e. The number of benzene rings is 3. The predicted molar refractivity (Wildman–Crippen MR) is 122 cm³/mol. The standard InChI is InChI=1S/C24H20ClN3O2/c1-26-23(29)16-8-11-18(12-9-16)28(2)22(15-6-4-3-5-7-15)21-19-13-10-17(25)14-20(19)27-24(21)30/h3-14H,1-2H3,(H,26,29)(H,27,30). The van der Waals surface area contributed by atoms with Gasteiger partial charge in [-0.25, -0.2) is 0 Å². The van der Waals surface area contributed by atoms with Crippen molar-refractivity contribution in [3.8, 4) is 0 Å². The molecule has 4 rings (SSSR count). The van der Waals surface area contributed by atoms with Crippen molar-refractivity contribution in [2.75, 3.05) is 24.3 Å². The Balaban J connectivity index is 1.88. The highest BCUT2D eigenvalue weighted by molar-refractivity contribution is 6.38. The summed E-state index contributed by atoms with van der Waals surface area (Å²) in [6, 6.07) is 22.4. The van der Waals surface area contributed by atoms with Crippen molar-refractivity contribution in [1.82, 2.24) is 5.32 Å². The molecular weight excluding hydrogens is 398 g/mol. The Hall–Kier alpha value is -3.57. The molecule has 3 aromatic rings. The van der Waals surface area contributed by atoms with E-state index in [9.17, 15) is 9.59 Å². The molecule has 1 aliphatic rings. The number of hydrogen-bond donors (Lipinski definition) is 2. The minimum Gasteiger partial charge on any atom is -0.355 e. The van der Waals surface area contributed by atoms with Crippen LogP contribution in [0.5, 0.6) is 0 Å². The first-order valence-electron chi connectivity index (χ1n) is 9.46. The monoisotopic (exact) mass is 417 g/mol. The number of halogens is 1. The summed E-state index contributed by atoms with van der Waals surface area (Å²) in [6.07, 6.45) is 0. The SMILES string of the molecule is CNC(=O)c1ccc(N(C)C(=C2C(=O)Nc3cc(Cl)ccc32)c2ccccc2)cc1. The van der Waals surface area contributed by atoms with Gasteiger partial charge in [0.05, 0.1) is 17.0 Å². The van der Waals surface area contributed by atoms with Gasteiger partial charge in [0.15, 0.2) is 0 Å². The molecule has 5 nitrogen and oxygen atoms in total. The molecule has 0 saturated carbocycles. The molecule has 0 unspecified atom stereocenters. The molecule has 1 aliphatic heterocycles. The highest BCUT2D eigenvalue weighted by Gasteiger charge is 2.30. The van der Waals surface area contributed by atoms with Crippen LogP contribution in [0.2, 0.25) is 5.02 Å². The van der Waals surface area contributed by atoms with Crippen LogP contribution in [-0.2, 0) is 4.79 Å². The minimum atomic E-state index is -0.181. The van der Waals surface area contributed by atoms with Gasteiger partial charge in [0.25, 0.3) is 11.8 Å². The lowest BCUT2D eigenvalue weighted by Crippen LogP contribution is -2.20. The summed E-state index contributed by atoms with van der Waals surface area (Å²) in [4.78, 5) is 26.8. The van der Waals surface area contributed by atoms with E-state index in [1.54, 1.807) is 31.3 Å². The number of anilines is 2. The molecule has 0 spiro atoms. The molecule has 0 aromatic heterocycles. The second kappa shape index (κ2) is 8.05. The summed E-state index contributed by atoms with van der Waals surface area (Å²) in [5.41, 5.74) is 5.17. The van der Waals surface area contributed by atoms with Crippen LogP contribution in [0.25, 0.3) is 11.3 Å². The summed E-state index contributed by atoms with van der Waals surface area (Å²) in [5, 5.41) is 6.10. The molecule has 0 bridgehead atoms. The van der Waals surface area contributed by atoms with Crippen LogP contribution in [0.4, 0.5) is 11.4 Å². The number of fused-ring (bicyclic) bond motifs is 1. The minimum absolute atomic E-state index is 0.146. The molecule has 0 radical (unpaired) electrons. The number of amides is 2. The number of nitrogens with zero attached hydrogens (tertiary/aromatic N) is 1. The van der Waals surface area contributed by atoms with E-state index in [1.807, 2.05) is 60.5 Å². The Kier molecular flexibility index (Phi) is 5.29.